The van der Waals surface area contributed by atoms with Crippen molar-refractivity contribution in [2.24, 2.45) is 0 Å². The van der Waals surface area contributed by atoms with Gasteiger partial charge in [-0.2, -0.15) is 0 Å². The second-order valence-electron chi connectivity index (χ2n) is 5.33. The Morgan fingerprint density at radius 3 is 2.53 bits per heavy atom. The number of nitrogens with one attached hydrogen (secondary N) is 1. The number of hydrogen-bond acceptors (Lipinski definition) is 3. The summed E-state index contributed by atoms with van der Waals surface area (Å²) in [6.07, 6.45) is -3.01. The van der Waals surface area contributed by atoms with Crippen LogP contribution in [0.3, 0.4) is 0 Å². The van der Waals surface area contributed by atoms with Crippen molar-refractivity contribution in [3.63, 3.8) is 0 Å². The Kier molecular flexibility index (Phi) is 4.30. The highest BCUT2D eigenvalue weighted by molar-refractivity contribution is 5.68. The predicted octanol–water partition coefficient (Wildman–Crippen LogP) is 1.85. The summed E-state index contributed by atoms with van der Waals surface area (Å²) >= 11 is 0. The molecule has 1 amide bonds. The lowest BCUT2D eigenvalue weighted by molar-refractivity contribution is -0.00502. The number of hydrogen-bond donors (Lipinski definition) is 1. The molecule has 0 aromatic rings. The van der Waals surface area contributed by atoms with Crippen LogP contribution >= 0.6 is 0 Å². The van der Waals surface area contributed by atoms with E-state index in [1.54, 1.807) is 27.7 Å². The molecular formula is C11H20F2N2O2. The number of piperazine rings is 1. The smallest absolute Gasteiger partial charge is 0.410 e. The number of carbonyl (C=O) groups excluding carboxylic acids is 1. The molecule has 0 aromatic heterocycles. The first-order valence-corrected chi connectivity index (χ1v) is 5.72. The molecule has 1 fully saturated rings. The van der Waals surface area contributed by atoms with Crippen LogP contribution in [0.1, 0.15) is 27.7 Å². The molecule has 0 spiro atoms. The molecule has 1 aliphatic rings. The predicted molar refractivity (Wildman–Crippen MR) is 60.2 cm³/mol. The SMILES string of the molecule is C[C@@H]1CN[C@@H](C(F)F)CN1C(=O)OC(C)(C)C. The van der Waals surface area contributed by atoms with Gasteiger partial charge in [0.15, 0.2) is 0 Å². The van der Waals surface area contributed by atoms with Gasteiger partial charge in [0.05, 0.1) is 6.04 Å². The van der Waals surface area contributed by atoms with Gasteiger partial charge in [-0.05, 0) is 27.7 Å². The van der Waals surface area contributed by atoms with Gasteiger partial charge >= 0.3 is 6.09 Å². The maximum Gasteiger partial charge on any atom is 0.410 e. The maximum atomic E-state index is 12.6. The average molecular weight is 250 g/mol. The van der Waals surface area contributed by atoms with Crippen molar-refractivity contribution in [2.75, 3.05) is 13.1 Å². The van der Waals surface area contributed by atoms with Crippen molar-refractivity contribution in [1.29, 1.82) is 0 Å². The van der Waals surface area contributed by atoms with E-state index in [2.05, 4.69) is 5.32 Å². The van der Waals surface area contributed by atoms with Crippen LogP contribution < -0.4 is 5.32 Å². The third kappa shape index (κ3) is 4.11. The van der Waals surface area contributed by atoms with Gasteiger partial charge < -0.3 is 15.0 Å². The van der Waals surface area contributed by atoms with Crippen LogP contribution in [-0.4, -0.2) is 48.2 Å². The summed E-state index contributed by atoms with van der Waals surface area (Å²) in [6.45, 7) is 7.40. The minimum atomic E-state index is -2.48. The first-order valence-electron chi connectivity index (χ1n) is 5.72. The fourth-order valence-electron chi connectivity index (χ4n) is 1.63. The second kappa shape index (κ2) is 5.16. The molecule has 1 heterocycles. The summed E-state index contributed by atoms with van der Waals surface area (Å²) in [6, 6.07) is -1.11. The molecule has 1 rings (SSSR count). The van der Waals surface area contributed by atoms with Gasteiger partial charge in [0.25, 0.3) is 6.43 Å². The molecule has 4 nitrogen and oxygen atoms in total. The lowest BCUT2D eigenvalue weighted by Crippen LogP contribution is -2.60. The highest BCUT2D eigenvalue weighted by atomic mass is 19.3. The molecule has 0 aromatic carbocycles. The summed E-state index contributed by atoms with van der Waals surface area (Å²) < 4.78 is 30.4. The van der Waals surface area contributed by atoms with Crippen LogP contribution in [0.15, 0.2) is 0 Å². The van der Waals surface area contributed by atoms with Crippen molar-refractivity contribution >= 4 is 6.09 Å². The molecule has 17 heavy (non-hydrogen) atoms. The van der Waals surface area contributed by atoms with E-state index in [1.807, 2.05) is 0 Å². The van der Waals surface area contributed by atoms with Gasteiger partial charge in [-0.15, -0.1) is 0 Å². The number of carbonyl (C=O) groups is 1. The van der Waals surface area contributed by atoms with E-state index < -0.39 is 24.2 Å². The van der Waals surface area contributed by atoms with E-state index in [4.69, 9.17) is 4.74 Å². The Balaban J connectivity index is 2.64. The number of ether oxygens (including phenoxy) is 1. The maximum absolute atomic E-state index is 12.6. The van der Waals surface area contributed by atoms with Crippen LogP contribution in [0.5, 0.6) is 0 Å². The van der Waals surface area contributed by atoms with E-state index >= 15 is 0 Å². The summed E-state index contributed by atoms with van der Waals surface area (Å²) in [4.78, 5) is 13.2. The van der Waals surface area contributed by atoms with E-state index in [1.165, 1.54) is 4.90 Å². The van der Waals surface area contributed by atoms with Crippen molar-refractivity contribution in [3.05, 3.63) is 0 Å². The third-order valence-electron chi connectivity index (χ3n) is 2.53. The largest absolute Gasteiger partial charge is 0.444 e. The lowest BCUT2D eigenvalue weighted by Gasteiger charge is -2.38. The molecule has 1 N–H and O–H groups in total. The Morgan fingerprint density at radius 2 is 2.06 bits per heavy atom. The molecule has 0 bridgehead atoms. The standard InChI is InChI=1S/C11H20F2N2O2/c1-7-5-14-8(9(12)13)6-15(7)10(16)17-11(2,3)4/h7-9,14H,5-6H2,1-4H3/t7-,8-/m1/s1. The molecule has 1 saturated heterocycles. The minimum Gasteiger partial charge on any atom is -0.444 e. The van der Waals surface area contributed by atoms with Gasteiger partial charge in [0.2, 0.25) is 0 Å². The quantitative estimate of drug-likeness (QED) is 0.772. The summed E-state index contributed by atoms with van der Waals surface area (Å²) in [5.74, 6) is 0. The Hall–Kier alpha value is -0.910. The summed E-state index contributed by atoms with van der Waals surface area (Å²) in [7, 11) is 0. The monoisotopic (exact) mass is 250 g/mol. The Labute approximate surface area is 100 Å². The normalized spacial score (nSPS) is 26.2. The van der Waals surface area contributed by atoms with Crippen molar-refractivity contribution in [2.45, 2.75) is 51.8 Å². The van der Waals surface area contributed by atoms with Crippen LogP contribution in [0.2, 0.25) is 0 Å². The topological polar surface area (TPSA) is 41.6 Å². The molecular weight excluding hydrogens is 230 g/mol. The lowest BCUT2D eigenvalue weighted by atomic mass is 10.1. The van der Waals surface area contributed by atoms with Crippen molar-refractivity contribution in [3.8, 4) is 0 Å². The molecule has 2 atom stereocenters. The first kappa shape index (κ1) is 14.2. The molecule has 0 saturated carbocycles. The fraction of sp³-hybridized carbons (Fsp3) is 0.909. The summed E-state index contributed by atoms with van der Waals surface area (Å²) in [5, 5.41) is 2.72. The second-order valence-corrected chi connectivity index (χ2v) is 5.33. The zero-order valence-corrected chi connectivity index (χ0v) is 10.7. The van der Waals surface area contributed by atoms with Gasteiger partial charge in [-0.3, -0.25) is 0 Å². The average Bonchev–Trinajstić information content (AvgIpc) is 2.14. The highest BCUT2D eigenvalue weighted by Gasteiger charge is 2.35. The fourth-order valence-corrected chi connectivity index (χ4v) is 1.63. The van der Waals surface area contributed by atoms with Gasteiger partial charge in [-0.25, -0.2) is 13.6 Å². The first-order chi connectivity index (χ1) is 7.70. The van der Waals surface area contributed by atoms with E-state index in [0.29, 0.717) is 6.54 Å². The number of rotatable bonds is 1. The Bertz CT molecular complexity index is 279. The van der Waals surface area contributed by atoms with Gasteiger partial charge in [-0.1, -0.05) is 0 Å². The molecule has 1 aliphatic heterocycles. The zero-order chi connectivity index (χ0) is 13.2. The molecule has 0 aliphatic carbocycles. The Morgan fingerprint density at radius 1 is 1.47 bits per heavy atom. The van der Waals surface area contributed by atoms with Crippen molar-refractivity contribution < 1.29 is 18.3 Å². The zero-order valence-electron chi connectivity index (χ0n) is 10.7. The van der Waals surface area contributed by atoms with Crippen molar-refractivity contribution in [1.82, 2.24) is 10.2 Å². The molecule has 6 heteroatoms. The highest BCUT2D eigenvalue weighted by Crippen LogP contribution is 2.16. The van der Waals surface area contributed by atoms with Crippen LogP contribution in [-0.2, 0) is 4.74 Å². The number of amides is 1. The number of alkyl halides is 2. The van der Waals surface area contributed by atoms with Gasteiger partial charge in [0, 0.05) is 19.1 Å². The van der Waals surface area contributed by atoms with Crippen LogP contribution in [0.25, 0.3) is 0 Å². The number of halogens is 2. The third-order valence-corrected chi connectivity index (χ3v) is 2.53. The summed E-state index contributed by atoms with van der Waals surface area (Å²) in [5.41, 5.74) is -0.609. The van der Waals surface area contributed by atoms with Crippen LogP contribution in [0, 0.1) is 0 Å². The van der Waals surface area contributed by atoms with E-state index in [0.717, 1.165) is 0 Å². The molecule has 0 unspecified atom stereocenters. The molecule has 0 radical (unpaired) electrons. The van der Waals surface area contributed by atoms with E-state index in [9.17, 15) is 13.6 Å². The van der Waals surface area contributed by atoms with Gasteiger partial charge in [0.1, 0.15) is 5.60 Å². The van der Waals surface area contributed by atoms with E-state index in [-0.39, 0.29) is 12.6 Å². The minimum absolute atomic E-state index is 0.0201. The molecule has 100 valence electrons. The van der Waals surface area contributed by atoms with Crippen LogP contribution in [0.4, 0.5) is 13.6 Å². The number of nitrogens with zero attached hydrogens (tertiary/aromatic N) is 1.